The van der Waals surface area contributed by atoms with Gasteiger partial charge in [-0.25, -0.2) is 8.42 Å². The third-order valence-electron chi connectivity index (χ3n) is 6.10. The summed E-state index contributed by atoms with van der Waals surface area (Å²) in [6, 6.07) is 28.7. The van der Waals surface area contributed by atoms with Crippen molar-refractivity contribution in [2.45, 2.75) is 17.5 Å². The molecule has 0 bridgehead atoms. The molecule has 1 heterocycles. The molecule has 7 nitrogen and oxygen atoms in total. The summed E-state index contributed by atoms with van der Waals surface area (Å²) in [4.78, 5) is 0.120. The zero-order chi connectivity index (χ0) is 25.8. The summed E-state index contributed by atoms with van der Waals surface area (Å²) in [5.74, 6) is 1.12. The Morgan fingerprint density at radius 2 is 1.51 bits per heavy atom. The molecule has 0 aliphatic rings. The van der Waals surface area contributed by atoms with Crippen molar-refractivity contribution in [1.82, 2.24) is 4.31 Å². The number of para-hydroxylation sites is 1. The van der Waals surface area contributed by atoms with Crippen LogP contribution in [-0.2, 0) is 16.6 Å². The van der Waals surface area contributed by atoms with Crippen LogP contribution in [0, 0.1) is 0 Å². The molecule has 5 aromatic rings. The van der Waals surface area contributed by atoms with Crippen LogP contribution >= 0.6 is 0 Å². The smallest absolute Gasteiger partial charge is 0.243 e. The van der Waals surface area contributed by atoms with Crippen LogP contribution in [0.4, 0.5) is 0 Å². The lowest BCUT2D eigenvalue weighted by Gasteiger charge is -2.25. The van der Waals surface area contributed by atoms with Gasteiger partial charge in [0.1, 0.15) is 35.4 Å². The Balaban J connectivity index is 1.33. The fourth-order valence-corrected chi connectivity index (χ4v) is 5.67. The topological polar surface area (TPSA) is 89.2 Å². The minimum absolute atomic E-state index is 0.0787. The number of hydrogen-bond acceptors (Lipinski definition) is 6. The number of aliphatic hydroxyl groups excluding tert-OH is 1. The molecule has 0 radical (unpaired) electrons. The first-order valence-electron chi connectivity index (χ1n) is 11.8. The molecule has 5 rings (SSSR count). The van der Waals surface area contributed by atoms with Crippen molar-refractivity contribution < 1.29 is 27.4 Å². The van der Waals surface area contributed by atoms with E-state index in [1.54, 1.807) is 18.2 Å². The van der Waals surface area contributed by atoms with Crippen LogP contribution in [-0.4, -0.2) is 44.2 Å². The maximum Gasteiger partial charge on any atom is 0.243 e. The first-order valence-corrected chi connectivity index (χ1v) is 13.3. The fraction of sp³-hybridized carbons (Fsp3) is 0.172. The summed E-state index contributed by atoms with van der Waals surface area (Å²) in [5, 5.41) is 12.7. The maximum absolute atomic E-state index is 13.5. The normalized spacial score (nSPS) is 12.7. The summed E-state index contributed by atoms with van der Waals surface area (Å²) in [6.45, 7) is -0.107. The maximum atomic E-state index is 13.5. The van der Waals surface area contributed by atoms with Gasteiger partial charge in [0.15, 0.2) is 0 Å². The van der Waals surface area contributed by atoms with Crippen LogP contribution in [0.5, 0.6) is 11.5 Å². The van der Waals surface area contributed by atoms with Crippen molar-refractivity contribution in [2.75, 3.05) is 20.3 Å². The summed E-state index contributed by atoms with van der Waals surface area (Å²) >= 11 is 0. The summed E-state index contributed by atoms with van der Waals surface area (Å²) in [7, 11) is -2.38. The summed E-state index contributed by atoms with van der Waals surface area (Å²) in [6.07, 6.45) is -1.06. The van der Waals surface area contributed by atoms with Crippen LogP contribution < -0.4 is 9.47 Å². The van der Waals surface area contributed by atoms with E-state index in [1.165, 1.54) is 23.5 Å². The molecule has 0 fully saturated rings. The van der Waals surface area contributed by atoms with Gasteiger partial charge in [-0.1, -0.05) is 48.5 Å². The molecule has 1 N–H and O–H groups in total. The second-order valence-corrected chi connectivity index (χ2v) is 10.6. The average molecular weight is 518 g/mol. The molecule has 0 amide bonds. The Kier molecular flexibility index (Phi) is 7.14. The van der Waals surface area contributed by atoms with E-state index < -0.39 is 16.1 Å². The highest BCUT2D eigenvalue weighted by molar-refractivity contribution is 7.89. The van der Waals surface area contributed by atoms with Crippen LogP contribution in [0.2, 0.25) is 0 Å². The van der Waals surface area contributed by atoms with Gasteiger partial charge in [-0.2, -0.15) is 4.31 Å². The number of hydrogen-bond donors (Lipinski definition) is 1. The number of furan rings is 1. The third-order valence-corrected chi connectivity index (χ3v) is 7.93. The van der Waals surface area contributed by atoms with Gasteiger partial charge in [0, 0.05) is 23.9 Å². The summed E-state index contributed by atoms with van der Waals surface area (Å²) < 4.78 is 45.2. The zero-order valence-electron chi connectivity index (χ0n) is 20.3. The van der Waals surface area contributed by atoms with Gasteiger partial charge in [-0.3, -0.25) is 0 Å². The van der Waals surface area contributed by atoms with E-state index in [9.17, 15) is 13.5 Å². The monoisotopic (exact) mass is 517 g/mol. The van der Waals surface area contributed by atoms with Crippen molar-refractivity contribution in [1.29, 1.82) is 0 Å². The third kappa shape index (κ3) is 5.46. The van der Waals surface area contributed by atoms with Crippen LogP contribution in [0.3, 0.4) is 0 Å². The van der Waals surface area contributed by atoms with Crippen molar-refractivity contribution in [3.05, 3.63) is 103 Å². The molecular weight excluding hydrogens is 490 g/mol. The second kappa shape index (κ2) is 10.6. The van der Waals surface area contributed by atoms with Crippen molar-refractivity contribution in [3.63, 3.8) is 0 Å². The SMILES string of the molecule is COc1ccc(S(=O)(=O)N(Cc2ccccc2)C[C@H](O)COc2ccc3oc4ccccc4c3c2)cc1. The van der Waals surface area contributed by atoms with E-state index in [1.807, 2.05) is 66.7 Å². The number of ether oxygens (including phenoxy) is 2. The number of fused-ring (bicyclic) bond motifs is 3. The lowest BCUT2D eigenvalue weighted by atomic mass is 10.1. The van der Waals surface area contributed by atoms with E-state index in [0.717, 1.165) is 27.5 Å². The Labute approximate surface area is 215 Å². The summed E-state index contributed by atoms with van der Waals surface area (Å²) in [5.41, 5.74) is 2.34. The predicted octanol–water partition coefficient (Wildman–Crippen LogP) is 5.23. The number of rotatable bonds is 10. The van der Waals surface area contributed by atoms with Gasteiger partial charge in [0.05, 0.1) is 12.0 Å². The molecule has 0 aliphatic carbocycles. The number of sulfonamides is 1. The first kappa shape index (κ1) is 24.8. The highest BCUT2D eigenvalue weighted by atomic mass is 32.2. The molecule has 0 unspecified atom stereocenters. The molecule has 1 aromatic heterocycles. The lowest BCUT2D eigenvalue weighted by molar-refractivity contribution is 0.0881. The Morgan fingerprint density at radius 3 is 2.27 bits per heavy atom. The molecule has 1 atom stereocenters. The van der Waals surface area contributed by atoms with Gasteiger partial charge in [-0.15, -0.1) is 0 Å². The number of methoxy groups -OCH3 is 1. The highest BCUT2D eigenvalue weighted by Gasteiger charge is 2.27. The van der Waals surface area contributed by atoms with E-state index in [2.05, 4.69) is 0 Å². The standard InChI is InChI=1S/C29H27NO6S/c1-34-23-11-14-25(15-12-23)37(32,33)30(18-21-7-3-2-4-8-21)19-22(31)20-35-24-13-16-29-27(17-24)26-9-5-6-10-28(26)36-29/h2-17,22,31H,18-20H2,1H3/t22-/m0/s1. The number of aliphatic hydroxyl groups is 1. The van der Waals surface area contributed by atoms with Crippen LogP contribution in [0.1, 0.15) is 5.56 Å². The van der Waals surface area contributed by atoms with Gasteiger partial charge < -0.3 is 19.0 Å². The Morgan fingerprint density at radius 1 is 0.838 bits per heavy atom. The van der Waals surface area contributed by atoms with Gasteiger partial charge >= 0.3 is 0 Å². The predicted molar refractivity (Wildman–Crippen MR) is 142 cm³/mol. The second-order valence-electron chi connectivity index (χ2n) is 8.68. The van der Waals surface area contributed by atoms with Crippen LogP contribution in [0.25, 0.3) is 21.9 Å². The van der Waals surface area contributed by atoms with E-state index in [0.29, 0.717) is 11.5 Å². The number of benzene rings is 4. The molecule has 0 spiro atoms. The lowest BCUT2D eigenvalue weighted by Crippen LogP contribution is -2.39. The Bertz CT molecular complexity index is 1600. The van der Waals surface area contributed by atoms with Crippen molar-refractivity contribution >= 4 is 32.0 Å². The minimum Gasteiger partial charge on any atom is -0.497 e. The molecule has 37 heavy (non-hydrogen) atoms. The van der Waals surface area contributed by atoms with E-state index in [-0.39, 0.29) is 24.6 Å². The van der Waals surface area contributed by atoms with Crippen molar-refractivity contribution in [2.24, 2.45) is 0 Å². The van der Waals surface area contributed by atoms with Gasteiger partial charge in [0.2, 0.25) is 10.0 Å². The van der Waals surface area contributed by atoms with E-state index >= 15 is 0 Å². The molecule has 8 heteroatoms. The minimum atomic E-state index is -3.90. The molecular formula is C29H27NO6S. The van der Waals surface area contributed by atoms with E-state index in [4.69, 9.17) is 13.9 Å². The van der Waals surface area contributed by atoms with Crippen molar-refractivity contribution in [3.8, 4) is 11.5 Å². The molecule has 4 aromatic carbocycles. The fourth-order valence-electron chi connectivity index (χ4n) is 4.21. The van der Waals surface area contributed by atoms with Gasteiger partial charge in [0.25, 0.3) is 0 Å². The molecule has 0 saturated heterocycles. The molecule has 0 aliphatic heterocycles. The largest absolute Gasteiger partial charge is 0.497 e. The highest BCUT2D eigenvalue weighted by Crippen LogP contribution is 2.31. The zero-order valence-corrected chi connectivity index (χ0v) is 21.1. The number of nitrogens with zero attached hydrogens (tertiary/aromatic N) is 1. The van der Waals surface area contributed by atoms with Crippen LogP contribution in [0.15, 0.2) is 106 Å². The molecule has 190 valence electrons. The quantitative estimate of drug-likeness (QED) is 0.273. The average Bonchev–Trinajstić information content (AvgIpc) is 3.30. The van der Waals surface area contributed by atoms with Gasteiger partial charge in [-0.05, 0) is 54.1 Å². The first-order chi connectivity index (χ1) is 17.9. The Hall–Kier alpha value is -3.85. The molecule has 0 saturated carbocycles.